The van der Waals surface area contributed by atoms with Crippen LogP contribution in [0.4, 0.5) is 0 Å². The maximum atomic E-state index is 4.59. The maximum Gasteiger partial charge on any atom is 0.191 e. The molecule has 0 atom stereocenters. The van der Waals surface area contributed by atoms with Gasteiger partial charge < -0.3 is 10.6 Å². The highest BCUT2D eigenvalue weighted by molar-refractivity contribution is 14.0. The number of guanidine groups is 1. The van der Waals surface area contributed by atoms with Crippen molar-refractivity contribution >= 4 is 41.3 Å². The quantitative estimate of drug-likeness (QED) is 0.420. The van der Waals surface area contributed by atoms with Crippen LogP contribution in [0.15, 0.2) is 41.5 Å². The molecule has 1 aromatic carbocycles. The van der Waals surface area contributed by atoms with Gasteiger partial charge in [-0.2, -0.15) is 0 Å². The van der Waals surface area contributed by atoms with Crippen molar-refractivity contribution in [3.8, 4) is 0 Å². The smallest absolute Gasteiger partial charge is 0.191 e. The molecular weight excluding hydrogens is 407 g/mol. The van der Waals surface area contributed by atoms with Gasteiger partial charge in [0, 0.05) is 24.2 Å². The van der Waals surface area contributed by atoms with Crippen LogP contribution >= 0.6 is 35.3 Å². The van der Waals surface area contributed by atoms with Gasteiger partial charge in [0.25, 0.3) is 0 Å². The summed E-state index contributed by atoms with van der Waals surface area (Å²) in [4.78, 5) is 10.0. The summed E-state index contributed by atoms with van der Waals surface area (Å²) in [5.41, 5.74) is 1.33. The molecule has 0 saturated carbocycles. The van der Waals surface area contributed by atoms with E-state index in [2.05, 4.69) is 51.8 Å². The van der Waals surface area contributed by atoms with Crippen molar-refractivity contribution in [3.63, 3.8) is 0 Å². The predicted octanol–water partition coefficient (Wildman–Crippen LogP) is 3.37. The average Bonchev–Trinajstić information content (AvgIpc) is 2.91. The number of hydrogen-bond acceptors (Lipinski definition) is 3. The van der Waals surface area contributed by atoms with Gasteiger partial charge in [0.2, 0.25) is 0 Å². The van der Waals surface area contributed by atoms with Crippen LogP contribution in [0.2, 0.25) is 0 Å². The lowest BCUT2D eigenvalue weighted by molar-refractivity contribution is 0.800. The molecule has 1 aromatic heterocycles. The van der Waals surface area contributed by atoms with E-state index in [9.17, 15) is 0 Å². The molecule has 0 aliphatic carbocycles. The number of aliphatic imine (C=N–C) groups is 1. The number of hydrogen-bond donors (Lipinski definition) is 2. The Morgan fingerprint density at radius 2 is 2.00 bits per heavy atom. The van der Waals surface area contributed by atoms with E-state index in [4.69, 9.17) is 0 Å². The second-order valence-electron chi connectivity index (χ2n) is 4.70. The molecule has 2 aromatic rings. The van der Waals surface area contributed by atoms with Crippen LogP contribution in [0.3, 0.4) is 0 Å². The normalized spacial score (nSPS) is 10.9. The number of aromatic nitrogens is 1. The summed E-state index contributed by atoms with van der Waals surface area (Å²) in [5, 5.41) is 7.72. The number of benzene rings is 1. The molecule has 120 valence electrons. The highest BCUT2D eigenvalue weighted by Crippen LogP contribution is 2.12. The molecule has 0 saturated heterocycles. The first-order valence-electron chi connectivity index (χ1n) is 7.25. The zero-order valence-corrected chi connectivity index (χ0v) is 16.2. The second kappa shape index (κ2) is 10.6. The average molecular weight is 430 g/mol. The van der Waals surface area contributed by atoms with Crippen LogP contribution in [0, 0.1) is 6.92 Å². The Morgan fingerprint density at radius 1 is 1.23 bits per heavy atom. The fourth-order valence-electron chi connectivity index (χ4n) is 1.95. The molecule has 0 bridgehead atoms. The van der Waals surface area contributed by atoms with Crippen LogP contribution in [-0.4, -0.2) is 24.0 Å². The van der Waals surface area contributed by atoms with Crippen molar-refractivity contribution in [2.45, 2.75) is 26.8 Å². The van der Waals surface area contributed by atoms with Crippen molar-refractivity contribution in [1.29, 1.82) is 0 Å². The molecule has 6 heteroatoms. The topological polar surface area (TPSA) is 49.3 Å². The van der Waals surface area contributed by atoms with E-state index < -0.39 is 0 Å². The lowest BCUT2D eigenvalue weighted by Gasteiger charge is -2.11. The van der Waals surface area contributed by atoms with E-state index in [1.807, 2.05) is 19.2 Å². The molecule has 22 heavy (non-hydrogen) atoms. The van der Waals surface area contributed by atoms with E-state index in [0.29, 0.717) is 6.54 Å². The molecule has 4 nitrogen and oxygen atoms in total. The Morgan fingerprint density at radius 3 is 2.64 bits per heavy atom. The van der Waals surface area contributed by atoms with Crippen LogP contribution in [0.5, 0.6) is 0 Å². The van der Waals surface area contributed by atoms with Gasteiger partial charge in [-0.05, 0) is 25.8 Å². The second-order valence-corrected chi connectivity index (χ2v) is 6.02. The highest BCUT2D eigenvalue weighted by atomic mass is 127. The predicted molar refractivity (Wildman–Crippen MR) is 105 cm³/mol. The highest BCUT2D eigenvalue weighted by Gasteiger charge is 2.00. The molecule has 2 N–H and O–H groups in total. The maximum absolute atomic E-state index is 4.59. The van der Waals surface area contributed by atoms with Crippen LogP contribution < -0.4 is 10.6 Å². The monoisotopic (exact) mass is 430 g/mol. The minimum absolute atomic E-state index is 0. The third kappa shape index (κ3) is 6.74. The van der Waals surface area contributed by atoms with Crippen molar-refractivity contribution in [1.82, 2.24) is 15.6 Å². The summed E-state index contributed by atoms with van der Waals surface area (Å²) in [5.74, 6) is 0.861. The van der Waals surface area contributed by atoms with Crippen molar-refractivity contribution < 1.29 is 0 Å². The molecule has 1 heterocycles. The summed E-state index contributed by atoms with van der Waals surface area (Å²) in [6.45, 7) is 6.50. The van der Waals surface area contributed by atoms with Gasteiger partial charge in [0.1, 0.15) is 0 Å². The molecule has 0 aliphatic heterocycles. The van der Waals surface area contributed by atoms with E-state index in [-0.39, 0.29) is 24.0 Å². The molecular formula is C16H23IN4S. The third-order valence-electron chi connectivity index (χ3n) is 2.96. The van der Waals surface area contributed by atoms with Crippen molar-refractivity contribution in [3.05, 3.63) is 52.0 Å². The van der Waals surface area contributed by atoms with E-state index in [0.717, 1.165) is 30.5 Å². The van der Waals surface area contributed by atoms with E-state index in [1.165, 1.54) is 10.4 Å². The molecule has 0 fully saturated rings. The lowest BCUT2D eigenvalue weighted by atomic mass is 10.1. The molecule has 0 aliphatic rings. The van der Waals surface area contributed by atoms with Gasteiger partial charge >= 0.3 is 0 Å². The Hall–Kier alpha value is -1.15. The summed E-state index contributed by atoms with van der Waals surface area (Å²) in [7, 11) is 0. The Bertz CT molecular complexity index is 569. The Balaban J connectivity index is 0.00000242. The molecule has 0 amide bonds. The van der Waals surface area contributed by atoms with Crippen LogP contribution in [-0.2, 0) is 13.0 Å². The molecule has 0 spiro atoms. The SMILES string of the molecule is CCNC(=NCc1cnc(C)s1)NCCc1ccccc1.I. The van der Waals surface area contributed by atoms with Crippen molar-refractivity contribution in [2.24, 2.45) is 4.99 Å². The van der Waals surface area contributed by atoms with Gasteiger partial charge in [-0.1, -0.05) is 30.3 Å². The number of nitrogens with zero attached hydrogens (tertiary/aromatic N) is 2. The van der Waals surface area contributed by atoms with Gasteiger partial charge in [-0.3, -0.25) is 0 Å². The summed E-state index contributed by atoms with van der Waals surface area (Å²) < 4.78 is 0. The number of rotatable bonds is 6. The van der Waals surface area contributed by atoms with Gasteiger partial charge in [-0.15, -0.1) is 35.3 Å². The number of halogens is 1. The zero-order valence-electron chi connectivity index (χ0n) is 13.0. The fourth-order valence-corrected chi connectivity index (χ4v) is 2.67. The van der Waals surface area contributed by atoms with Gasteiger partial charge in [0.15, 0.2) is 5.96 Å². The summed E-state index contributed by atoms with van der Waals surface area (Å²) >= 11 is 1.69. The Labute approximate surface area is 153 Å². The Kier molecular flexibility index (Phi) is 9.07. The van der Waals surface area contributed by atoms with Crippen molar-refractivity contribution in [2.75, 3.05) is 13.1 Å². The largest absolute Gasteiger partial charge is 0.357 e. The third-order valence-corrected chi connectivity index (χ3v) is 3.85. The van der Waals surface area contributed by atoms with E-state index >= 15 is 0 Å². The fraction of sp³-hybridized carbons (Fsp3) is 0.375. The number of aryl methyl sites for hydroxylation is 1. The minimum Gasteiger partial charge on any atom is -0.357 e. The molecule has 0 unspecified atom stereocenters. The number of thiazole rings is 1. The van der Waals surface area contributed by atoms with Crippen LogP contribution in [0.1, 0.15) is 22.4 Å². The molecule has 0 radical (unpaired) electrons. The number of nitrogens with one attached hydrogen (secondary N) is 2. The first kappa shape index (κ1) is 18.9. The van der Waals surface area contributed by atoms with Gasteiger partial charge in [0.05, 0.1) is 11.6 Å². The molecule has 2 rings (SSSR count). The standard InChI is InChI=1S/C16H22N4S.HI/c1-3-17-16(20-12-15-11-19-13(2)21-15)18-10-9-14-7-5-4-6-8-14;/h4-8,11H,3,9-10,12H2,1-2H3,(H2,17,18,20);1H. The summed E-state index contributed by atoms with van der Waals surface area (Å²) in [6.07, 6.45) is 2.89. The first-order valence-corrected chi connectivity index (χ1v) is 8.07. The van der Waals surface area contributed by atoms with E-state index in [1.54, 1.807) is 11.3 Å². The zero-order chi connectivity index (χ0) is 14.9. The first-order chi connectivity index (χ1) is 10.3. The lowest BCUT2D eigenvalue weighted by Crippen LogP contribution is -2.38. The summed E-state index contributed by atoms with van der Waals surface area (Å²) in [6, 6.07) is 10.5. The van der Waals surface area contributed by atoms with Crippen LogP contribution in [0.25, 0.3) is 0 Å². The minimum atomic E-state index is 0. The van der Waals surface area contributed by atoms with Gasteiger partial charge in [-0.25, -0.2) is 9.98 Å².